The summed E-state index contributed by atoms with van der Waals surface area (Å²) in [6, 6.07) is 7.11. The molecule has 0 aromatic heterocycles. The molecule has 0 bridgehead atoms. The Hall–Kier alpha value is -1.57. The summed E-state index contributed by atoms with van der Waals surface area (Å²) < 4.78 is 24.9. The number of nitrogens with one attached hydrogen (secondary N) is 1. The second kappa shape index (κ2) is 8.66. The van der Waals surface area contributed by atoms with E-state index in [4.69, 9.17) is 10.9 Å². The lowest BCUT2D eigenvalue weighted by Gasteiger charge is -2.21. The zero-order valence-corrected chi connectivity index (χ0v) is 11.9. The maximum Gasteiger partial charge on any atom is 0.251 e. The van der Waals surface area contributed by atoms with Crippen LogP contribution in [0.1, 0.15) is 24.0 Å². The lowest BCUT2D eigenvalue weighted by molar-refractivity contribution is -0.122. The van der Waals surface area contributed by atoms with Crippen LogP contribution < -0.4 is 11.3 Å². The standard InChI is InChI=1S/C14H21F2N3O2/c1-10(14(21)18-17)12-4-2-11(3-5-12)8-19(6-7-20)9-13(15)16/h2-5,10,13,20H,6-9,17H2,1H3,(H,18,21). The smallest absolute Gasteiger partial charge is 0.251 e. The molecule has 0 fully saturated rings. The molecule has 1 amide bonds. The van der Waals surface area contributed by atoms with Gasteiger partial charge in [0.2, 0.25) is 5.91 Å². The van der Waals surface area contributed by atoms with Crippen molar-refractivity contribution in [3.8, 4) is 0 Å². The van der Waals surface area contributed by atoms with Crippen molar-refractivity contribution in [3.63, 3.8) is 0 Å². The normalized spacial score (nSPS) is 12.7. The van der Waals surface area contributed by atoms with E-state index in [1.165, 1.54) is 4.90 Å². The highest BCUT2D eigenvalue weighted by molar-refractivity contribution is 5.82. The minimum atomic E-state index is -2.44. The van der Waals surface area contributed by atoms with Crippen LogP contribution in [0.25, 0.3) is 0 Å². The number of carbonyl (C=O) groups is 1. The second-order valence-electron chi connectivity index (χ2n) is 4.82. The number of aliphatic hydroxyl groups is 1. The molecule has 0 radical (unpaired) electrons. The summed E-state index contributed by atoms with van der Waals surface area (Å²) in [5.74, 6) is 4.42. The van der Waals surface area contributed by atoms with Gasteiger partial charge in [-0.25, -0.2) is 14.6 Å². The topological polar surface area (TPSA) is 78.6 Å². The second-order valence-corrected chi connectivity index (χ2v) is 4.82. The molecule has 0 saturated heterocycles. The maximum atomic E-state index is 12.4. The number of nitrogens with zero attached hydrogens (tertiary/aromatic N) is 1. The molecule has 21 heavy (non-hydrogen) atoms. The molecular formula is C14H21F2N3O2. The molecule has 0 aliphatic carbocycles. The van der Waals surface area contributed by atoms with Crippen molar-refractivity contribution in [2.45, 2.75) is 25.8 Å². The first-order valence-electron chi connectivity index (χ1n) is 6.68. The summed E-state index contributed by atoms with van der Waals surface area (Å²) in [6.45, 7) is 1.69. The van der Waals surface area contributed by atoms with Gasteiger partial charge in [0.25, 0.3) is 6.43 Å². The highest BCUT2D eigenvalue weighted by Crippen LogP contribution is 2.17. The highest BCUT2D eigenvalue weighted by Gasteiger charge is 2.15. The van der Waals surface area contributed by atoms with E-state index in [1.807, 2.05) is 0 Å². The van der Waals surface area contributed by atoms with Gasteiger partial charge in [-0.1, -0.05) is 24.3 Å². The van der Waals surface area contributed by atoms with Crippen molar-refractivity contribution in [1.82, 2.24) is 10.3 Å². The van der Waals surface area contributed by atoms with Gasteiger partial charge in [-0.2, -0.15) is 0 Å². The van der Waals surface area contributed by atoms with Crippen molar-refractivity contribution in [1.29, 1.82) is 0 Å². The number of amides is 1. The fraction of sp³-hybridized carbons (Fsp3) is 0.500. The molecule has 4 N–H and O–H groups in total. The van der Waals surface area contributed by atoms with Crippen LogP contribution in [0.2, 0.25) is 0 Å². The number of aliphatic hydroxyl groups excluding tert-OH is 1. The van der Waals surface area contributed by atoms with Crippen LogP contribution in [-0.4, -0.2) is 42.0 Å². The lowest BCUT2D eigenvalue weighted by Crippen LogP contribution is -2.33. The Morgan fingerprint density at radius 1 is 1.38 bits per heavy atom. The first-order valence-corrected chi connectivity index (χ1v) is 6.68. The molecule has 0 aliphatic rings. The van der Waals surface area contributed by atoms with E-state index in [9.17, 15) is 13.6 Å². The number of rotatable bonds is 8. The van der Waals surface area contributed by atoms with Gasteiger partial charge >= 0.3 is 0 Å². The number of carbonyl (C=O) groups excluding carboxylic acids is 1. The van der Waals surface area contributed by atoms with E-state index in [0.717, 1.165) is 11.1 Å². The van der Waals surface area contributed by atoms with Crippen molar-refractivity contribution < 1.29 is 18.7 Å². The van der Waals surface area contributed by atoms with Gasteiger partial charge in [-0.15, -0.1) is 0 Å². The van der Waals surface area contributed by atoms with Crippen LogP contribution in [0.4, 0.5) is 8.78 Å². The number of benzene rings is 1. The van der Waals surface area contributed by atoms with E-state index >= 15 is 0 Å². The fourth-order valence-electron chi connectivity index (χ4n) is 2.02. The molecule has 1 aromatic carbocycles. The van der Waals surface area contributed by atoms with Gasteiger partial charge < -0.3 is 5.11 Å². The summed E-state index contributed by atoms with van der Waals surface area (Å²) in [5, 5.41) is 8.89. The average Bonchev–Trinajstić information content (AvgIpc) is 2.46. The Bertz CT molecular complexity index is 440. The molecule has 5 nitrogen and oxygen atoms in total. The number of hydrogen-bond acceptors (Lipinski definition) is 4. The van der Waals surface area contributed by atoms with E-state index in [-0.39, 0.29) is 31.5 Å². The van der Waals surface area contributed by atoms with Crippen LogP contribution >= 0.6 is 0 Å². The molecule has 1 aromatic rings. The predicted molar refractivity (Wildman–Crippen MR) is 75.6 cm³/mol. The minimum absolute atomic E-state index is 0.168. The summed E-state index contributed by atoms with van der Waals surface area (Å²) in [7, 11) is 0. The van der Waals surface area contributed by atoms with Crippen LogP contribution in [0.5, 0.6) is 0 Å². The monoisotopic (exact) mass is 301 g/mol. The molecule has 0 aliphatic heterocycles. The van der Waals surface area contributed by atoms with Crippen molar-refractivity contribution in [2.24, 2.45) is 5.84 Å². The summed E-state index contributed by atoms with van der Waals surface area (Å²) in [4.78, 5) is 12.9. The first-order chi connectivity index (χ1) is 9.97. The fourth-order valence-corrected chi connectivity index (χ4v) is 2.02. The molecule has 0 saturated carbocycles. The van der Waals surface area contributed by atoms with Crippen molar-refractivity contribution in [3.05, 3.63) is 35.4 Å². The van der Waals surface area contributed by atoms with Crippen LogP contribution in [-0.2, 0) is 11.3 Å². The van der Waals surface area contributed by atoms with E-state index in [2.05, 4.69) is 5.43 Å². The highest BCUT2D eigenvalue weighted by atomic mass is 19.3. The lowest BCUT2D eigenvalue weighted by atomic mass is 9.99. The molecule has 0 heterocycles. The van der Waals surface area contributed by atoms with E-state index in [0.29, 0.717) is 6.54 Å². The Kier molecular flexibility index (Phi) is 7.21. The number of alkyl halides is 2. The molecule has 1 unspecified atom stereocenters. The zero-order chi connectivity index (χ0) is 15.8. The molecule has 7 heteroatoms. The average molecular weight is 301 g/mol. The van der Waals surface area contributed by atoms with Crippen LogP contribution in [0.15, 0.2) is 24.3 Å². The van der Waals surface area contributed by atoms with Crippen molar-refractivity contribution >= 4 is 5.91 Å². The van der Waals surface area contributed by atoms with Gasteiger partial charge in [-0.05, 0) is 18.1 Å². The van der Waals surface area contributed by atoms with Gasteiger partial charge in [-0.3, -0.25) is 15.1 Å². The summed E-state index contributed by atoms with van der Waals surface area (Å²) in [6.07, 6.45) is -2.44. The number of nitrogens with two attached hydrogens (primary N) is 1. The SMILES string of the molecule is CC(C(=O)NN)c1ccc(CN(CCO)CC(F)F)cc1. The summed E-state index contributed by atoms with van der Waals surface area (Å²) in [5.41, 5.74) is 3.73. The Labute approximate surface area is 122 Å². The molecule has 1 rings (SSSR count). The number of halogens is 2. The Balaban J connectivity index is 2.70. The van der Waals surface area contributed by atoms with Gasteiger partial charge in [0.15, 0.2) is 0 Å². The van der Waals surface area contributed by atoms with Crippen LogP contribution in [0, 0.1) is 0 Å². The summed E-state index contributed by atoms with van der Waals surface area (Å²) >= 11 is 0. The third-order valence-electron chi connectivity index (χ3n) is 3.23. The third kappa shape index (κ3) is 5.74. The predicted octanol–water partition coefficient (Wildman–Crippen LogP) is 0.839. The number of hydrogen-bond donors (Lipinski definition) is 3. The van der Waals surface area contributed by atoms with Gasteiger partial charge in [0.1, 0.15) is 0 Å². The Morgan fingerprint density at radius 2 is 2.00 bits per heavy atom. The van der Waals surface area contributed by atoms with Gasteiger partial charge in [0, 0.05) is 13.1 Å². The molecule has 0 spiro atoms. The molecule has 1 atom stereocenters. The quantitative estimate of drug-likeness (QED) is 0.378. The van der Waals surface area contributed by atoms with Gasteiger partial charge in [0.05, 0.1) is 19.1 Å². The molecular weight excluding hydrogens is 280 g/mol. The third-order valence-corrected chi connectivity index (χ3v) is 3.23. The van der Waals surface area contributed by atoms with Crippen molar-refractivity contribution in [2.75, 3.05) is 19.7 Å². The van der Waals surface area contributed by atoms with E-state index in [1.54, 1.807) is 31.2 Å². The first kappa shape index (κ1) is 17.5. The zero-order valence-electron chi connectivity index (χ0n) is 11.9. The Morgan fingerprint density at radius 3 is 2.48 bits per heavy atom. The largest absolute Gasteiger partial charge is 0.395 e. The number of hydrazine groups is 1. The minimum Gasteiger partial charge on any atom is -0.395 e. The van der Waals surface area contributed by atoms with Crippen LogP contribution in [0.3, 0.4) is 0 Å². The van der Waals surface area contributed by atoms with E-state index < -0.39 is 6.43 Å². The maximum absolute atomic E-state index is 12.4. The molecule has 118 valence electrons.